The zero-order valence-corrected chi connectivity index (χ0v) is 21.4. The molecule has 3 rings (SSSR count). The molecule has 1 heterocycles. The van der Waals surface area contributed by atoms with E-state index in [-0.39, 0.29) is 24.0 Å². The number of thiazole rings is 1. The van der Waals surface area contributed by atoms with E-state index in [1.165, 1.54) is 9.71 Å². The van der Waals surface area contributed by atoms with Crippen LogP contribution in [-0.4, -0.2) is 45.9 Å². The summed E-state index contributed by atoms with van der Waals surface area (Å²) in [4.78, 5) is 8.98. The molecule has 0 atom stereocenters. The van der Waals surface area contributed by atoms with Crippen LogP contribution in [0.5, 0.6) is 17.2 Å². The summed E-state index contributed by atoms with van der Waals surface area (Å²) in [5.74, 6) is 2.59. The van der Waals surface area contributed by atoms with Gasteiger partial charge in [0.2, 0.25) is 5.75 Å². The topological polar surface area (TPSA) is 77.0 Å². The standard InChI is InChI=1S/C22H28N4O3S.HI/c1-23-22(24-11-7-10-20-26-16-8-5-6-9-19(16)30-20)25-14-15-12-17(27-2)21(29-4)18(13-15)28-3;/h5-6,8-9,12-13H,7,10-11,14H2,1-4H3,(H2,23,24,25);1H. The Kier molecular flexibility index (Phi) is 10.1. The maximum atomic E-state index is 5.41. The number of nitrogens with zero attached hydrogens (tertiary/aromatic N) is 2. The van der Waals surface area contributed by atoms with Crippen molar-refractivity contribution in [3.05, 3.63) is 47.0 Å². The predicted octanol–water partition coefficient (Wildman–Crippen LogP) is 4.24. The van der Waals surface area contributed by atoms with E-state index < -0.39 is 0 Å². The molecule has 0 radical (unpaired) electrons. The molecule has 0 aliphatic carbocycles. The number of methoxy groups -OCH3 is 3. The molecule has 2 N–H and O–H groups in total. The first-order valence-electron chi connectivity index (χ1n) is 9.76. The molecule has 7 nitrogen and oxygen atoms in total. The molecular formula is C22H29IN4O3S. The molecule has 1 aromatic heterocycles. The Morgan fingerprint density at radius 3 is 2.35 bits per heavy atom. The molecule has 0 unspecified atom stereocenters. The lowest BCUT2D eigenvalue weighted by molar-refractivity contribution is 0.323. The van der Waals surface area contributed by atoms with Crippen LogP contribution in [0.15, 0.2) is 41.4 Å². The smallest absolute Gasteiger partial charge is 0.203 e. The van der Waals surface area contributed by atoms with Crippen molar-refractivity contribution in [2.75, 3.05) is 34.9 Å². The fourth-order valence-electron chi connectivity index (χ4n) is 3.12. The molecule has 3 aromatic rings. The molecule has 0 spiro atoms. The Morgan fingerprint density at radius 2 is 1.74 bits per heavy atom. The van der Waals surface area contributed by atoms with Crippen molar-refractivity contribution in [1.29, 1.82) is 0 Å². The second-order valence-electron chi connectivity index (χ2n) is 6.57. The molecule has 9 heteroatoms. The third-order valence-corrected chi connectivity index (χ3v) is 5.70. The van der Waals surface area contributed by atoms with Crippen molar-refractivity contribution in [3.63, 3.8) is 0 Å². The summed E-state index contributed by atoms with van der Waals surface area (Å²) >= 11 is 1.76. The van der Waals surface area contributed by atoms with Gasteiger partial charge in [0.15, 0.2) is 17.5 Å². The highest BCUT2D eigenvalue weighted by Gasteiger charge is 2.13. The predicted molar refractivity (Wildman–Crippen MR) is 138 cm³/mol. The maximum absolute atomic E-state index is 5.41. The van der Waals surface area contributed by atoms with Crippen LogP contribution in [-0.2, 0) is 13.0 Å². The first-order chi connectivity index (χ1) is 14.7. The summed E-state index contributed by atoms with van der Waals surface area (Å²) < 4.78 is 17.4. The first kappa shape index (κ1) is 25.0. The molecular weight excluding hydrogens is 527 g/mol. The number of ether oxygens (including phenoxy) is 3. The van der Waals surface area contributed by atoms with Gasteiger partial charge in [0.1, 0.15) is 0 Å². The minimum Gasteiger partial charge on any atom is -0.493 e. The normalized spacial score (nSPS) is 11.0. The number of aliphatic imine (C=N–C) groups is 1. The van der Waals surface area contributed by atoms with Crippen LogP contribution in [0.2, 0.25) is 0 Å². The van der Waals surface area contributed by atoms with Gasteiger partial charge in [0, 0.05) is 26.6 Å². The minimum absolute atomic E-state index is 0. The van der Waals surface area contributed by atoms with Gasteiger partial charge in [-0.05, 0) is 36.2 Å². The number of benzene rings is 2. The third kappa shape index (κ3) is 6.60. The zero-order valence-electron chi connectivity index (χ0n) is 18.2. The van der Waals surface area contributed by atoms with Crippen LogP contribution in [0.3, 0.4) is 0 Å². The number of halogens is 1. The Hall–Kier alpha value is -2.27. The van der Waals surface area contributed by atoms with Crippen molar-refractivity contribution >= 4 is 51.5 Å². The number of hydrogen-bond donors (Lipinski definition) is 2. The summed E-state index contributed by atoms with van der Waals surface area (Å²) in [5.41, 5.74) is 2.08. The first-order valence-corrected chi connectivity index (χ1v) is 10.6. The fourth-order valence-corrected chi connectivity index (χ4v) is 4.13. The number of para-hydroxylation sites is 1. The lowest BCUT2D eigenvalue weighted by Crippen LogP contribution is -2.37. The van der Waals surface area contributed by atoms with Crippen LogP contribution in [0, 0.1) is 0 Å². The average molecular weight is 556 g/mol. The van der Waals surface area contributed by atoms with E-state index in [1.54, 1.807) is 39.7 Å². The highest BCUT2D eigenvalue weighted by Crippen LogP contribution is 2.38. The fraction of sp³-hybridized carbons (Fsp3) is 0.364. The number of nitrogens with one attached hydrogen (secondary N) is 2. The lowest BCUT2D eigenvalue weighted by atomic mass is 10.2. The monoisotopic (exact) mass is 556 g/mol. The number of fused-ring (bicyclic) bond motifs is 1. The Morgan fingerprint density at radius 1 is 1.03 bits per heavy atom. The quantitative estimate of drug-likeness (QED) is 0.178. The van der Waals surface area contributed by atoms with Crippen LogP contribution in [0.1, 0.15) is 17.0 Å². The number of guanidine groups is 1. The van der Waals surface area contributed by atoms with Crippen LogP contribution in [0.4, 0.5) is 0 Å². The molecule has 0 saturated heterocycles. The number of rotatable bonds is 9. The third-order valence-electron chi connectivity index (χ3n) is 4.61. The van der Waals surface area contributed by atoms with Crippen molar-refractivity contribution in [2.24, 2.45) is 4.99 Å². The van der Waals surface area contributed by atoms with Crippen LogP contribution in [0.25, 0.3) is 10.2 Å². The van der Waals surface area contributed by atoms with Gasteiger partial charge < -0.3 is 24.8 Å². The minimum atomic E-state index is 0. The molecule has 0 aliphatic heterocycles. The van der Waals surface area contributed by atoms with Crippen LogP contribution >= 0.6 is 35.3 Å². The van der Waals surface area contributed by atoms with Gasteiger partial charge in [0.25, 0.3) is 0 Å². The number of hydrogen-bond acceptors (Lipinski definition) is 6. The van der Waals surface area contributed by atoms with E-state index in [1.807, 2.05) is 18.2 Å². The van der Waals surface area contributed by atoms with Crippen molar-refractivity contribution in [2.45, 2.75) is 19.4 Å². The van der Waals surface area contributed by atoms with E-state index in [9.17, 15) is 0 Å². The summed E-state index contributed by atoms with van der Waals surface area (Å²) in [6.45, 7) is 1.39. The second-order valence-corrected chi connectivity index (χ2v) is 7.68. The zero-order chi connectivity index (χ0) is 21.3. The highest BCUT2D eigenvalue weighted by atomic mass is 127. The molecule has 31 heavy (non-hydrogen) atoms. The summed E-state index contributed by atoms with van der Waals surface area (Å²) in [6, 6.07) is 12.1. The van der Waals surface area contributed by atoms with Gasteiger partial charge >= 0.3 is 0 Å². The van der Waals surface area contributed by atoms with Crippen molar-refractivity contribution < 1.29 is 14.2 Å². The van der Waals surface area contributed by atoms with Gasteiger partial charge in [-0.15, -0.1) is 35.3 Å². The summed E-state index contributed by atoms with van der Waals surface area (Å²) in [7, 11) is 6.58. The summed E-state index contributed by atoms with van der Waals surface area (Å²) in [6.07, 6.45) is 1.92. The van der Waals surface area contributed by atoms with E-state index >= 15 is 0 Å². The van der Waals surface area contributed by atoms with Gasteiger partial charge in [-0.25, -0.2) is 4.98 Å². The number of aromatic nitrogens is 1. The van der Waals surface area contributed by atoms with E-state index in [0.29, 0.717) is 23.8 Å². The molecule has 0 bridgehead atoms. The molecule has 2 aromatic carbocycles. The Balaban J connectivity index is 0.00000341. The van der Waals surface area contributed by atoms with Crippen molar-refractivity contribution in [1.82, 2.24) is 15.6 Å². The highest BCUT2D eigenvalue weighted by molar-refractivity contribution is 14.0. The molecule has 0 fully saturated rings. The molecule has 0 amide bonds. The van der Waals surface area contributed by atoms with E-state index in [4.69, 9.17) is 14.2 Å². The van der Waals surface area contributed by atoms with Gasteiger partial charge in [-0.3, -0.25) is 4.99 Å². The van der Waals surface area contributed by atoms with E-state index in [2.05, 4.69) is 38.8 Å². The van der Waals surface area contributed by atoms with E-state index in [0.717, 1.165) is 36.4 Å². The maximum Gasteiger partial charge on any atom is 0.203 e. The van der Waals surface area contributed by atoms with Gasteiger partial charge in [-0.1, -0.05) is 12.1 Å². The Labute approximate surface area is 204 Å². The molecule has 168 valence electrons. The van der Waals surface area contributed by atoms with Crippen molar-refractivity contribution in [3.8, 4) is 17.2 Å². The summed E-state index contributed by atoms with van der Waals surface area (Å²) in [5, 5.41) is 7.84. The van der Waals surface area contributed by atoms with Gasteiger partial charge in [0.05, 0.1) is 36.6 Å². The molecule has 0 saturated carbocycles. The SMILES string of the molecule is CN=C(NCCCc1nc2ccccc2s1)NCc1cc(OC)c(OC)c(OC)c1.I. The van der Waals surface area contributed by atoms with Crippen LogP contribution < -0.4 is 24.8 Å². The lowest BCUT2D eigenvalue weighted by Gasteiger charge is -2.16. The average Bonchev–Trinajstić information content (AvgIpc) is 3.20. The second kappa shape index (κ2) is 12.6. The molecule has 0 aliphatic rings. The van der Waals surface area contributed by atoms with Gasteiger partial charge in [-0.2, -0.15) is 0 Å². The Bertz CT molecular complexity index is 951. The number of aryl methyl sites for hydroxylation is 1. The largest absolute Gasteiger partial charge is 0.493 e.